The molecule has 1 aromatic rings. The van der Waals surface area contributed by atoms with E-state index in [4.69, 9.17) is 4.98 Å². The number of aromatic nitrogens is 1. The van der Waals surface area contributed by atoms with Gasteiger partial charge in [0.25, 0.3) is 0 Å². The van der Waals surface area contributed by atoms with E-state index in [0.717, 1.165) is 31.1 Å². The van der Waals surface area contributed by atoms with E-state index in [1.807, 2.05) is 0 Å². The van der Waals surface area contributed by atoms with Crippen LogP contribution in [0, 0.1) is 6.92 Å². The van der Waals surface area contributed by atoms with E-state index < -0.39 is 0 Å². The van der Waals surface area contributed by atoms with Crippen LogP contribution in [0.15, 0.2) is 12.1 Å². The maximum Gasteiger partial charge on any atom is 0.128 e. The molecule has 0 amide bonds. The third-order valence-electron chi connectivity index (χ3n) is 3.42. The molecule has 0 saturated carbocycles. The monoisotopic (exact) mass is 247 g/mol. The fourth-order valence-corrected chi connectivity index (χ4v) is 2.25. The third kappa shape index (κ3) is 3.45. The molecular weight excluding hydrogens is 222 g/mol. The van der Waals surface area contributed by atoms with E-state index in [2.05, 4.69) is 50.0 Å². The molecular formula is C15H25N3. The zero-order chi connectivity index (χ0) is 13.2. The number of nitrogens with zero attached hydrogens (tertiary/aromatic N) is 2. The lowest BCUT2D eigenvalue weighted by Gasteiger charge is -2.22. The van der Waals surface area contributed by atoms with Gasteiger partial charge in [0.1, 0.15) is 5.82 Å². The summed E-state index contributed by atoms with van der Waals surface area (Å²) in [6.45, 7) is 11.9. The van der Waals surface area contributed by atoms with Crippen LogP contribution in [-0.4, -0.2) is 23.6 Å². The van der Waals surface area contributed by atoms with Crippen molar-refractivity contribution in [1.82, 2.24) is 10.3 Å². The van der Waals surface area contributed by atoms with Crippen molar-refractivity contribution in [3.63, 3.8) is 0 Å². The van der Waals surface area contributed by atoms with E-state index in [0.29, 0.717) is 0 Å². The Kier molecular flexibility index (Phi) is 3.91. The molecule has 2 rings (SSSR count). The van der Waals surface area contributed by atoms with E-state index >= 15 is 0 Å². The molecule has 0 radical (unpaired) electrons. The molecule has 0 bridgehead atoms. The van der Waals surface area contributed by atoms with Gasteiger partial charge in [-0.15, -0.1) is 0 Å². The number of hydrogen-bond acceptors (Lipinski definition) is 3. The molecule has 1 aliphatic rings. The molecule has 3 nitrogen and oxygen atoms in total. The third-order valence-corrected chi connectivity index (χ3v) is 3.42. The fraction of sp³-hybridized carbons (Fsp3) is 0.667. The molecule has 1 aromatic heterocycles. The Hall–Kier alpha value is -1.09. The Bertz CT molecular complexity index is 401. The number of aryl methyl sites for hydroxylation is 1. The molecule has 100 valence electrons. The van der Waals surface area contributed by atoms with Crippen molar-refractivity contribution in [1.29, 1.82) is 0 Å². The predicted molar refractivity (Wildman–Crippen MR) is 77.0 cm³/mol. The summed E-state index contributed by atoms with van der Waals surface area (Å²) >= 11 is 0. The Labute approximate surface area is 111 Å². The van der Waals surface area contributed by atoms with Crippen LogP contribution in [0.5, 0.6) is 0 Å². The largest absolute Gasteiger partial charge is 0.357 e. The lowest BCUT2D eigenvalue weighted by molar-refractivity contribution is 0.423. The number of hydrogen-bond donors (Lipinski definition) is 1. The minimum atomic E-state index is 0.153. The van der Waals surface area contributed by atoms with E-state index in [1.165, 1.54) is 18.4 Å². The van der Waals surface area contributed by atoms with Crippen molar-refractivity contribution in [3.8, 4) is 0 Å². The van der Waals surface area contributed by atoms with Crippen LogP contribution < -0.4 is 10.2 Å². The summed E-state index contributed by atoms with van der Waals surface area (Å²) in [5.41, 5.74) is 2.60. The first kappa shape index (κ1) is 13.3. The number of rotatable bonds is 3. The van der Waals surface area contributed by atoms with Gasteiger partial charge in [-0.25, -0.2) is 4.98 Å². The zero-order valence-corrected chi connectivity index (χ0v) is 12.1. The lowest BCUT2D eigenvalue weighted by atomic mass is 10.1. The van der Waals surface area contributed by atoms with Crippen LogP contribution in [0.4, 0.5) is 5.82 Å². The van der Waals surface area contributed by atoms with Crippen molar-refractivity contribution in [3.05, 3.63) is 23.4 Å². The summed E-state index contributed by atoms with van der Waals surface area (Å²) in [6, 6.07) is 4.38. The molecule has 18 heavy (non-hydrogen) atoms. The van der Waals surface area contributed by atoms with Gasteiger partial charge in [0, 0.05) is 30.9 Å². The average molecular weight is 247 g/mol. The summed E-state index contributed by atoms with van der Waals surface area (Å²) < 4.78 is 0. The standard InChI is InChI=1S/C15H25N3/c1-12-13(11-16-15(2,3)4)7-8-14(17-12)18-9-5-6-10-18/h7-8,16H,5-6,9-11H2,1-4H3. The fourth-order valence-electron chi connectivity index (χ4n) is 2.25. The van der Waals surface area contributed by atoms with Crippen molar-refractivity contribution in [2.45, 2.75) is 52.6 Å². The second-order valence-electron chi connectivity index (χ2n) is 6.21. The Morgan fingerprint density at radius 2 is 1.89 bits per heavy atom. The molecule has 1 saturated heterocycles. The molecule has 3 heteroatoms. The smallest absolute Gasteiger partial charge is 0.128 e. The van der Waals surface area contributed by atoms with Gasteiger partial charge >= 0.3 is 0 Å². The van der Waals surface area contributed by atoms with Crippen LogP contribution in [0.25, 0.3) is 0 Å². The molecule has 0 atom stereocenters. The zero-order valence-electron chi connectivity index (χ0n) is 12.1. The molecule has 0 unspecified atom stereocenters. The van der Waals surface area contributed by atoms with Gasteiger partial charge in [0.15, 0.2) is 0 Å². The normalized spacial score (nSPS) is 16.3. The summed E-state index contributed by atoms with van der Waals surface area (Å²) in [4.78, 5) is 7.12. The molecule has 0 spiro atoms. The van der Waals surface area contributed by atoms with E-state index in [1.54, 1.807) is 0 Å². The van der Waals surface area contributed by atoms with Crippen molar-refractivity contribution in [2.24, 2.45) is 0 Å². The topological polar surface area (TPSA) is 28.2 Å². The number of nitrogens with one attached hydrogen (secondary N) is 1. The Morgan fingerprint density at radius 3 is 2.44 bits per heavy atom. The molecule has 1 N–H and O–H groups in total. The SMILES string of the molecule is Cc1nc(N2CCCC2)ccc1CNC(C)(C)C. The second kappa shape index (κ2) is 5.27. The van der Waals surface area contributed by atoms with Gasteiger partial charge in [0.2, 0.25) is 0 Å². The van der Waals surface area contributed by atoms with Gasteiger partial charge in [0.05, 0.1) is 0 Å². The maximum atomic E-state index is 4.74. The minimum Gasteiger partial charge on any atom is -0.357 e. The number of pyridine rings is 1. The summed E-state index contributed by atoms with van der Waals surface area (Å²) in [6.07, 6.45) is 2.60. The molecule has 1 aliphatic heterocycles. The van der Waals surface area contributed by atoms with Crippen LogP contribution in [0.2, 0.25) is 0 Å². The highest BCUT2D eigenvalue weighted by Crippen LogP contribution is 2.19. The van der Waals surface area contributed by atoms with Crippen LogP contribution in [0.3, 0.4) is 0 Å². The Balaban J connectivity index is 2.05. The summed E-state index contributed by atoms with van der Waals surface area (Å²) in [5.74, 6) is 1.14. The second-order valence-corrected chi connectivity index (χ2v) is 6.21. The Morgan fingerprint density at radius 1 is 1.22 bits per heavy atom. The highest BCUT2D eigenvalue weighted by atomic mass is 15.2. The minimum absolute atomic E-state index is 0.153. The highest BCUT2D eigenvalue weighted by molar-refractivity contribution is 5.42. The molecule has 0 aromatic carbocycles. The van der Waals surface area contributed by atoms with Gasteiger partial charge in [-0.2, -0.15) is 0 Å². The summed E-state index contributed by atoms with van der Waals surface area (Å²) in [5, 5.41) is 3.51. The van der Waals surface area contributed by atoms with Gasteiger partial charge in [-0.05, 0) is 52.2 Å². The lowest BCUT2D eigenvalue weighted by Crippen LogP contribution is -2.35. The van der Waals surface area contributed by atoms with Crippen molar-refractivity contribution < 1.29 is 0 Å². The van der Waals surface area contributed by atoms with E-state index in [-0.39, 0.29) is 5.54 Å². The first-order valence-electron chi connectivity index (χ1n) is 6.92. The van der Waals surface area contributed by atoms with Crippen LogP contribution in [0.1, 0.15) is 44.9 Å². The van der Waals surface area contributed by atoms with Gasteiger partial charge < -0.3 is 10.2 Å². The predicted octanol–water partition coefficient (Wildman–Crippen LogP) is 2.88. The van der Waals surface area contributed by atoms with Crippen LogP contribution >= 0.6 is 0 Å². The highest BCUT2D eigenvalue weighted by Gasteiger charge is 2.15. The van der Waals surface area contributed by atoms with Gasteiger partial charge in [-0.3, -0.25) is 0 Å². The van der Waals surface area contributed by atoms with Crippen LogP contribution in [-0.2, 0) is 6.54 Å². The van der Waals surface area contributed by atoms with E-state index in [9.17, 15) is 0 Å². The quantitative estimate of drug-likeness (QED) is 0.890. The first-order chi connectivity index (χ1) is 8.46. The van der Waals surface area contributed by atoms with Gasteiger partial charge in [-0.1, -0.05) is 6.07 Å². The van der Waals surface area contributed by atoms with Crippen molar-refractivity contribution in [2.75, 3.05) is 18.0 Å². The maximum absolute atomic E-state index is 4.74. The average Bonchev–Trinajstić information content (AvgIpc) is 2.79. The summed E-state index contributed by atoms with van der Waals surface area (Å²) in [7, 11) is 0. The molecule has 0 aliphatic carbocycles. The molecule has 1 fully saturated rings. The first-order valence-corrected chi connectivity index (χ1v) is 6.92. The number of anilines is 1. The molecule has 2 heterocycles. The van der Waals surface area contributed by atoms with Crippen molar-refractivity contribution >= 4 is 5.82 Å².